The second-order valence-corrected chi connectivity index (χ2v) is 10.4. The Labute approximate surface area is 203 Å². The molecule has 1 atom stereocenters. The molecule has 0 bridgehead atoms. The summed E-state index contributed by atoms with van der Waals surface area (Å²) in [6.45, 7) is 4.28. The number of benzene rings is 3. The summed E-state index contributed by atoms with van der Waals surface area (Å²) >= 11 is 0. The Bertz CT molecular complexity index is 1370. The van der Waals surface area contributed by atoms with E-state index in [9.17, 15) is 13.2 Å². The van der Waals surface area contributed by atoms with Crippen LogP contribution >= 0.6 is 0 Å². The van der Waals surface area contributed by atoms with Gasteiger partial charge in [-0.25, -0.2) is 13.1 Å². The first-order valence-electron chi connectivity index (χ1n) is 11.2. The molecule has 0 radical (unpaired) electrons. The molecule has 0 saturated carbocycles. The molecule has 9 heteroatoms. The third-order valence-corrected chi connectivity index (χ3v) is 7.45. The SMILES string of the molecule is CC(C)c1ccc(S(=O)(=O)NC(=O)C(Cc2ccc3c(c2)OCO3)c2ccc3c(c2)OCO3)cc1. The van der Waals surface area contributed by atoms with E-state index in [1.807, 2.05) is 19.9 Å². The van der Waals surface area contributed by atoms with Crippen LogP contribution in [0.5, 0.6) is 23.0 Å². The molecule has 5 rings (SSSR count). The van der Waals surface area contributed by atoms with Gasteiger partial charge in [0.15, 0.2) is 23.0 Å². The van der Waals surface area contributed by atoms with Crippen molar-refractivity contribution >= 4 is 15.9 Å². The summed E-state index contributed by atoms with van der Waals surface area (Å²) in [6.07, 6.45) is 0.240. The van der Waals surface area contributed by atoms with Crippen LogP contribution in [-0.2, 0) is 21.2 Å². The van der Waals surface area contributed by atoms with Crippen molar-refractivity contribution in [3.8, 4) is 23.0 Å². The van der Waals surface area contributed by atoms with E-state index in [1.165, 1.54) is 12.1 Å². The Morgan fingerprint density at radius 2 is 1.37 bits per heavy atom. The van der Waals surface area contributed by atoms with E-state index in [2.05, 4.69) is 4.72 Å². The van der Waals surface area contributed by atoms with Gasteiger partial charge in [0.05, 0.1) is 10.8 Å². The minimum absolute atomic E-state index is 0.0303. The molecule has 3 aromatic rings. The number of nitrogens with one attached hydrogen (secondary N) is 1. The number of hydrogen-bond acceptors (Lipinski definition) is 7. The van der Waals surface area contributed by atoms with Crippen molar-refractivity contribution in [2.75, 3.05) is 13.6 Å². The van der Waals surface area contributed by atoms with Crippen molar-refractivity contribution in [1.29, 1.82) is 0 Å². The number of sulfonamides is 1. The molecule has 1 amide bonds. The summed E-state index contributed by atoms with van der Waals surface area (Å²) in [7, 11) is -4.07. The van der Waals surface area contributed by atoms with Crippen LogP contribution < -0.4 is 23.7 Å². The molecule has 2 aliphatic heterocycles. The van der Waals surface area contributed by atoms with Crippen LogP contribution in [0.4, 0.5) is 0 Å². The number of ether oxygens (including phenoxy) is 4. The Kier molecular flexibility index (Phi) is 6.02. The van der Waals surface area contributed by atoms with E-state index in [-0.39, 0.29) is 30.8 Å². The normalized spacial score (nSPS) is 14.7. The van der Waals surface area contributed by atoms with E-state index >= 15 is 0 Å². The Morgan fingerprint density at radius 3 is 2.03 bits per heavy atom. The summed E-state index contributed by atoms with van der Waals surface area (Å²) in [4.78, 5) is 13.5. The highest BCUT2D eigenvalue weighted by atomic mass is 32.2. The van der Waals surface area contributed by atoms with Crippen molar-refractivity contribution < 1.29 is 32.2 Å². The van der Waals surface area contributed by atoms with Crippen molar-refractivity contribution in [2.24, 2.45) is 0 Å². The number of fused-ring (bicyclic) bond motifs is 2. The lowest BCUT2D eigenvalue weighted by molar-refractivity contribution is -0.120. The van der Waals surface area contributed by atoms with Gasteiger partial charge >= 0.3 is 0 Å². The van der Waals surface area contributed by atoms with Gasteiger partial charge in [-0.15, -0.1) is 0 Å². The molecule has 0 aliphatic carbocycles. The first-order chi connectivity index (χ1) is 16.8. The minimum atomic E-state index is -4.07. The van der Waals surface area contributed by atoms with E-state index in [0.717, 1.165) is 11.1 Å². The van der Waals surface area contributed by atoms with E-state index < -0.39 is 21.8 Å². The highest BCUT2D eigenvalue weighted by Crippen LogP contribution is 2.37. The molecule has 182 valence electrons. The van der Waals surface area contributed by atoms with Crippen LogP contribution in [0, 0.1) is 0 Å². The number of rotatable bonds is 7. The van der Waals surface area contributed by atoms with Crippen LogP contribution in [0.2, 0.25) is 0 Å². The zero-order chi connectivity index (χ0) is 24.6. The first-order valence-corrected chi connectivity index (χ1v) is 12.7. The van der Waals surface area contributed by atoms with E-state index in [0.29, 0.717) is 28.6 Å². The molecule has 1 N–H and O–H groups in total. The molecule has 2 aliphatic rings. The predicted molar refractivity (Wildman–Crippen MR) is 127 cm³/mol. The zero-order valence-corrected chi connectivity index (χ0v) is 20.1. The maximum atomic E-state index is 13.4. The molecule has 0 fully saturated rings. The zero-order valence-electron chi connectivity index (χ0n) is 19.3. The molecule has 0 spiro atoms. The summed E-state index contributed by atoms with van der Waals surface area (Å²) in [5, 5.41) is 0. The average Bonchev–Trinajstić information content (AvgIpc) is 3.50. The van der Waals surface area contributed by atoms with Gasteiger partial charge in [0.2, 0.25) is 19.5 Å². The maximum absolute atomic E-state index is 13.4. The monoisotopic (exact) mass is 495 g/mol. The summed E-state index contributed by atoms with van der Waals surface area (Å²) in [5.74, 6) is 1.12. The predicted octanol–water partition coefficient (Wildman–Crippen LogP) is 4.10. The number of amides is 1. The molecule has 1 unspecified atom stereocenters. The van der Waals surface area contributed by atoms with E-state index in [1.54, 1.807) is 42.5 Å². The lowest BCUT2D eigenvalue weighted by Crippen LogP contribution is -2.35. The summed E-state index contributed by atoms with van der Waals surface area (Å²) in [6, 6.07) is 17.1. The highest BCUT2D eigenvalue weighted by Gasteiger charge is 2.29. The quantitative estimate of drug-likeness (QED) is 0.527. The lowest BCUT2D eigenvalue weighted by atomic mass is 9.91. The second kappa shape index (κ2) is 9.14. The second-order valence-electron chi connectivity index (χ2n) is 8.75. The van der Waals surface area contributed by atoms with Crippen LogP contribution in [0.3, 0.4) is 0 Å². The Balaban J connectivity index is 1.44. The third-order valence-electron chi connectivity index (χ3n) is 6.08. The maximum Gasteiger partial charge on any atom is 0.264 e. The van der Waals surface area contributed by atoms with Gasteiger partial charge in [0.25, 0.3) is 10.0 Å². The van der Waals surface area contributed by atoms with Crippen molar-refractivity contribution in [3.63, 3.8) is 0 Å². The van der Waals surface area contributed by atoms with Crippen LogP contribution in [0.15, 0.2) is 65.6 Å². The first kappa shape index (κ1) is 23.0. The largest absolute Gasteiger partial charge is 0.454 e. The summed E-state index contributed by atoms with van der Waals surface area (Å²) < 4.78 is 50.0. The molecule has 0 saturated heterocycles. The fourth-order valence-corrected chi connectivity index (χ4v) is 5.11. The Hall–Kier alpha value is -3.72. The van der Waals surface area contributed by atoms with Gasteiger partial charge in [0, 0.05) is 0 Å². The molecule has 35 heavy (non-hydrogen) atoms. The van der Waals surface area contributed by atoms with E-state index in [4.69, 9.17) is 18.9 Å². The minimum Gasteiger partial charge on any atom is -0.454 e. The lowest BCUT2D eigenvalue weighted by Gasteiger charge is -2.18. The smallest absolute Gasteiger partial charge is 0.264 e. The van der Waals surface area contributed by atoms with Crippen LogP contribution in [0.1, 0.15) is 42.4 Å². The molecular weight excluding hydrogens is 470 g/mol. The highest BCUT2D eigenvalue weighted by molar-refractivity contribution is 7.90. The number of carbonyl (C=O) groups is 1. The van der Waals surface area contributed by atoms with Crippen molar-refractivity contribution in [3.05, 3.63) is 77.4 Å². The molecule has 3 aromatic carbocycles. The standard InChI is InChI=1S/C26H25NO7S/c1-16(2)18-4-7-20(8-5-18)35(29,30)27-26(28)21(19-6-10-23-25(13-19)34-15-32-23)11-17-3-9-22-24(12-17)33-14-31-22/h3-10,12-13,16,21H,11,14-15H2,1-2H3,(H,27,28). The topological polar surface area (TPSA) is 100 Å². The van der Waals surface area contributed by atoms with Gasteiger partial charge in [-0.2, -0.15) is 0 Å². The van der Waals surface area contributed by atoms with Gasteiger partial charge < -0.3 is 18.9 Å². The van der Waals surface area contributed by atoms with Gasteiger partial charge in [-0.3, -0.25) is 4.79 Å². The van der Waals surface area contributed by atoms with Gasteiger partial charge in [0.1, 0.15) is 0 Å². The van der Waals surface area contributed by atoms with Gasteiger partial charge in [-0.1, -0.05) is 38.1 Å². The number of hydrogen-bond donors (Lipinski definition) is 1. The molecule has 2 heterocycles. The van der Waals surface area contributed by atoms with Gasteiger partial charge in [-0.05, 0) is 65.4 Å². The summed E-state index contributed by atoms with van der Waals surface area (Å²) in [5.41, 5.74) is 2.41. The van der Waals surface area contributed by atoms with Crippen LogP contribution in [0.25, 0.3) is 0 Å². The molecule has 0 aromatic heterocycles. The fourth-order valence-electron chi connectivity index (χ4n) is 4.09. The van der Waals surface area contributed by atoms with Crippen molar-refractivity contribution in [2.45, 2.75) is 37.0 Å². The average molecular weight is 496 g/mol. The fraction of sp³-hybridized carbons (Fsp3) is 0.269. The number of carbonyl (C=O) groups excluding carboxylic acids is 1. The molecular formula is C26H25NO7S. The third kappa shape index (κ3) is 4.77. The Morgan fingerprint density at radius 1 is 0.800 bits per heavy atom. The van der Waals surface area contributed by atoms with Crippen molar-refractivity contribution in [1.82, 2.24) is 4.72 Å². The van der Waals surface area contributed by atoms with Crippen LogP contribution in [-0.4, -0.2) is 27.9 Å². The molecule has 8 nitrogen and oxygen atoms in total.